The van der Waals surface area contributed by atoms with E-state index in [9.17, 15) is 0 Å². The largest absolute Gasteiger partial charge is 1.00 e. The molecule has 6 rings (SSSR count). The van der Waals surface area contributed by atoms with Gasteiger partial charge in [-0.05, 0) is 0 Å². The molecule has 0 amide bonds. The Bertz CT molecular complexity index is 1710. The van der Waals surface area contributed by atoms with Crippen molar-refractivity contribution in [2.24, 2.45) is 0 Å². The topological polar surface area (TPSA) is 0 Å². The molecule has 0 saturated carbocycles. The summed E-state index contributed by atoms with van der Waals surface area (Å²) in [5.74, 6) is 0. The Morgan fingerprint density at radius 1 is 0.408 bits per heavy atom. The number of rotatable bonds is 8. The summed E-state index contributed by atoms with van der Waals surface area (Å²) in [6.07, 6.45) is 5.17. The number of fused-ring (bicyclic) bond motifs is 2. The molecule has 2 aliphatic rings. The minimum atomic E-state index is -1.50. The van der Waals surface area contributed by atoms with Crippen LogP contribution in [-0.4, -0.2) is 32.3 Å². The van der Waals surface area contributed by atoms with Crippen LogP contribution in [0.3, 0.4) is 0 Å². The first-order chi connectivity index (χ1) is 21.8. The van der Waals surface area contributed by atoms with E-state index >= 15 is 0 Å². The molecule has 4 aromatic rings. The number of benzene rings is 4. The minimum Gasteiger partial charge on any atom is -1.00 e. The molecule has 0 N–H and O–H groups in total. The summed E-state index contributed by atoms with van der Waals surface area (Å²) in [7, 11) is -6.00. The van der Waals surface area contributed by atoms with Crippen LogP contribution in [0, 0.1) is 0 Å². The summed E-state index contributed by atoms with van der Waals surface area (Å²) in [6, 6.07) is 34.4. The van der Waals surface area contributed by atoms with E-state index in [1.165, 1.54) is 22.3 Å². The van der Waals surface area contributed by atoms with E-state index in [4.69, 9.17) is 0 Å². The van der Waals surface area contributed by atoms with Crippen LogP contribution in [0.5, 0.6) is 0 Å². The number of halogens is 2. The van der Waals surface area contributed by atoms with Crippen molar-refractivity contribution in [3.05, 3.63) is 118 Å². The third kappa shape index (κ3) is 8.50. The summed E-state index contributed by atoms with van der Waals surface area (Å²) in [4.78, 5) is 0. The van der Waals surface area contributed by atoms with Gasteiger partial charge in [-0.1, -0.05) is 0 Å². The van der Waals surface area contributed by atoms with E-state index in [0.717, 1.165) is 0 Å². The van der Waals surface area contributed by atoms with Gasteiger partial charge in [-0.25, -0.2) is 0 Å². The minimum absolute atomic E-state index is 0. The van der Waals surface area contributed by atoms with Gasteiger partial charge in [0.05, 0.1) is 0 Å². The van der Waals surface area contributed by atoms with Gasteiger partial charge in [-0.2, -0.15) is 0 Å². The van der Waals surface area contributed by atoms with Gasteiger partial charge in [-0.15, -0.1) is 0 Å². The molecule has 256 valence electrons. The van der Waals surface area contributed by atoms with Gasteiger partial charge < -0.3 is 24.8 Å². The molecular weight excluding hydrogens is 866 g/mol. The Labute approximate surface area is 325 Å². The van der Waals surface area contributed by atoms with Gasteiger partial charge in [0.25, 0.3) is 0 Å². The Hall–Kier alpha value is -1.32. The molecular formula is C42H54Cl2HfSi4. The van der Waals surface area contributed by atoms with Crippen LogP contribution in [0.15, 0.2) is 84.9 Å². The summed E-state index contributed by atoms with van der Waals surface area (Å²) in [6.45, 7) is 30.2. The van der Waals surface area contributed by atoms with Gasteiger partial charge in [0.1, 0.15) is 0 Å². The molecule has 2 atom stereocenters. The molecule has 2 aliphatic carbocycles. The van der Waals surface area contributed by atoms with Crippen LogP contribution in [0.4, 0.5) is 0 Å². The van der Waals surface area contributed by atoms with E-state index < -0.39 is 55.2 Å². The van der Waals surface area contributed by atoms with Crippen LogP contribution in [0.1, 0.15) is 40.7 Å². The molecule has 2 unspecified atom stereocenters. The van der Waals surface area contributed by atoms with E-state index in [1.54, 1.807) is 43.0 Å². The average molecular weight is 921 g/mol. The fourth-order valence-corrected chi connectivity index (χ4v) is 19.5. The van der Waals surface area contributed by atoms with Crippen molar-refractivity contribution in [1.82, 2.24) is 0 Å². The maximum atomic E-state index is 2.61. The Morgan fingerprint density at radius 2 is 0.694 bits per heavy atom. The van der Waals surface area contributed by atoms with Crippen LogP contribution in [0.25, 0.3) is 23.3 Å². The summed E-state index contributed by atoms with van der Waals surface area (Å²) >= 11 is -1.43. The summed E-state index contributed by atoms with van der Waals surface area (Å²) < 4.78 is 1.10. The van der Waals surface area contributed by atoms with Gasteiger partial charge in [0.2, 0.25) is 0 Å². The zero-order valence-electron chi connectivity index (χ0n) is 31.6. The standard InChI is InChI=1S/2C21H27Si2.2ClH.Hf/c2*1-22(2,3)20-13-19(14-21(15-20)23(4,5)6)18-11-16-9-7-8-10-17(16)12-18;;;/h2*7-15H,1-6H3;2*1H;/q;;;;+2/p-2. The quantitative estimate of drug-likeness (QED) is 0.236. The normalized spacial score (nSPS) is 17.2. The first kappa shape index (κ1) is 40.4. The predicted octanol–water partition coefficient (Wildman–Crippen LogP) is 3.85. The van der Waals surface area contributed by atoms with Crippen LogP contribution in [0.2, 0.25) is 78.6 Å². The van der Waals surface area contributed by atoms with Crippen molar-refractivity contribution in [1.29, 1.82) is 0 Å². The SMILES string of the molecule is C[Si](C)(C)c1cc(C2=Cc3ccccc3[CH]2[Hf+2][CH]2C(c3cc([Si](C)(C)C)cc([Si](C)(C)C)c3)=Cc3ccccc32)cc([Si](C)(C)C)c1.[Cl-].[Cl-]. The zero-order valence-corrected chi connectivity index (χ0v) is 40.8. The number of hydrogen-bond acceptors (Lipinski definition) is 0. The van der Waals surface area contributed by atoms with Crippen molar-refractivity contribution in [2.45, 2.75) is 85.9 Å². The predicted molar refractivity (Wildman–Crippen MR) is 219 cm³/mol. The van der Waals surface area contributed by atoms with Crippen molar-refractivity contribution in [3.8, 4) is 0 Å². The number of allylic oxidation sites excluding steroid dienone is 2. The zero-order chi connectivity index (χ0) is 34.1. The van der Waals surface area contributed by atoms with Crippen LogP contribution >= 0.6 is 0 Å². The Balaban J connectivity index is 0.00000270. The number of hydrogen-bond donors (Lipinski definition) is 0. The molecule has 0 fully saturated rings. The molecule has 0 heterocycles. The van der Waals surface area contributed by atoms with E-state index in [1.807, 2.05) is 0 Å². The monoisotopic (exact) mass is 920 g/mol. The van der Waals surface area contributed by atoms with Gasteiger partial charge >= 0.3 is 303 Å². The molecule has 0 nitrogen and oxygen atoms in total. The van der Waals surface area contributed by atoms with E-state index in [-0.39, 0.29) is 24.8 Å². The van der Waals surface area contributed by atoms with Gasteiger partial charge in [0.15, 0.2) is 0 Å². The molecule has 0 bridgehead atoms. The van der Waals surface area contributed by atoms with Crippen molar-refractivity contribution >= 4 is 76.3 Å². The van der Waals surface area contributed by atoms with Gasteiger partial charge in [-0.3, -0.25) is 0 Å². The maximum Gasteiger partial charge on any atom is -1.00 e. The van der Waals surface area contributed by atoms with Gasteiger partial charge in [0, 0.05) is 0 Å². The fourth-order valence-electron chi connectivity index (χ4n) is 6.99. The molecule has 0 saturated heterocycles. The molecule has 0 aliphatic heterocycles. The van der Waals surface area contributed by atoms with Crippen LogP contribution in [-0.2, 0) is 22.9 Å². The Morgan fingerprint density at radius 3 is 0.980 bits per heavy atom. The van der Waals surface area contributed by atoms with Crippen molar-refractivity contribution in [2.75, 3.05) is 0 Å². The summed E-state index contributed by atoms with van der Waals surface area (Å²) in [5, 5.41) is 6.46. The Kier molecular flexibility index (Phi) is 12.1. The second-order valence-corrected chi connectivity index (χ2v) is 43.7. The first-order valence-electron chi connectivity index (χ1n) is 17.5. The molecule has 4 aromatic carbocycles. The third-order valence-electron chi connectivity index (χ3n) is 10.2. The third-order valence-corrected chi connectivity index (χ3v) is 25.1. The molecule has 0 spiro atoms. The fraction of sp³-hybridized carbons (Fsp3) is 0.333. The van der Waals surface area contributed by atoms with E-state index in [2.05, 4.69) is 176 Å². The average Bonchev–Trinajstić information content (AvgIpc) is 3.54. The molecule has 0 radical (unpaired) electrons. The second-order valence-electron chi connectivity index (χ2n) is 18.1. The molecule has 0 aromatic heterocycles. The second kappa shape index (κ2) is 14.6. The van der Waals surface area contributed by atoms with Crippen molar-refractivity contribution in [3.63, 3.8) is 0 Å². The molecule has 7 heteroatoms. The maximum absolute atomic E-state index is 2.61. The first-order valence-corrected chi connectivity index (χ1v) is 35.7. The van der Waals surface area contributed by atoms with Crippen LogP contribution < -0.4 is 45.6 Å². The molecule has 49 heavy (non-hydrogen) atoms. The smallest absolute Gasteiger partial charge is 1.00 e. The van der Waals surface area contributed by atoms with E-state index in [0.29, 0.717) is 7.35 Å². The summed E-state index contributed by atoms with van der Waals surface area (Å²) in [5.41, 5.74) is 12.3. The van der Waals surface area contributed by atoms with Crippen molar-refractivity contribution < 1.29 is 47.7 Å².